The molecule has 0 radical (unpaired) electrons. The lowest BCUT2D eigenvalue weighted by Gasteiger charge is -2.35. The standard InChI is InChI=1S/C17H16FN3O3S/c18-11-1-2-13-10(7-11)8-14(25-13)16(23)20-5-3-12(4-6-20)21-15(22)9-19-17(21)24/h1-2,7-8,12H,3-6,9H2,(H,19,24). The number of likely N-dealkylation sites (tertiary alicyclic amines) is 1. The molecule has 0 saturated carbocycles. The number of hydrogen-bond acceptors (Lipinski definition) is 4. The Morgan fingerprint density at radius 3 is 2.64 bits per heavy atom. The molecular formula is C17H16FN3O3S. The molecule has 4 rings (SSSR count). The van der Waals surface area contributed by atoms with Crippen LogP contribution in [-0.2, 0) is 4.79 Å². The van der Waals surface area contributed by atoms with E-state index in [-0.39, 0.29) is 36.2 Å². The molecule has 1 aromatic carbocycles. The summed E-state index contributed by atoms with van der Waals surface area (Å²) in [5.41, 5.74) is 0. The van der Waals surface area contributed by atoms with Gasteiger partial charge in [-0.3, -0.25) is 14.5 Å². The SMILES string of the molecule is O=C(c1cc2cc(F)ccc2s1)N1CCC(N2C(=O)CNC2=O)CC1. The van der Waals surface area contributed by atoms with Gasteiger partial charge in [-0.25, -0.2) is 9.18 Å². The number of piperidine rings is 1. The van der Waals surface area contributed by atoms with E-state index < -0.39 is 0 Å². The van der Waals surface area contributed by atoms with Crippen LogP contribution in [0.3, 0.4) is 0 Å². The van der Waals surface area contributed by atoms with Crippen LogP contribution in [-0.4, -0.2) is 53.3 Å². The Balaban J connectivity index is 1.45. The fourth-order valence-corrected chi connectivity index (χ4v) is 4.42. The first-order chi connectivity index (χ1) is 12.0. The molecule has 6 nitrogen and oxygen atoms in total. The molecule has 2 aromatic rings. The predicted octanol–water partition coefficient (Wildman–Crippen LogP) is 2.20. The normalized spacial score (nSPS) is 18.9. The van der Waals surface area contributed by atoms with E-state index in [4.69, 9.17) is 0 Å². The second kappa shape index (κ2) is 6.11. The predicted molar refractivity (Wildman–Crippen MR) is 91.0 cm³/mol. The van der Waals surface area contributed by atoms with Crippen LogP contribution in [0.4, 0.5) is 9.18 Å². The molecule has 25 heavy (non-hydrogen) atoms. The van der Waals surface area contributed by atoms with Gasteiger partial charge in [-0.15, -0.1) is 11.3 Å². The number of thiophene rings is 1. The Bertz CT molecular complexity index is 857. The van der Waals surface area contributed by atoms with Crippen LogP contribution >= 0.6 is 11.3 Å². The lowest BCUT2D eigenvalue weighted by atomic mass is 10.0. The average molecular weight is 361 g/mol. The second-order valence-electron chi connectivity index (χ2n) is 6.24. The topological polar surface area (TPSA) is 69.7 Å². The number of imide groups is 1. The van der Waals surface area contributed by atoms with Gasteiger partial charge in [-0.2, -0.15) is 0 Å². The van der Waals surface area contributed by atoms with Crippen molar-refractivity contribution in [1.82, 2.24) is 15.1 Å². The molecule has 3 heterocycles. The van der Waals surface area contributed by atoms with E-state index in [9.17, 15) is 18.8 Å². The molecule has 0 aliphatic carbocycles. The number of nitrogens with zero attached hydrogens (tertiary/aromatic N) is 2. The number of fused-ring (bicyclic) bond motifs is 1. The van der Waals surface area contributed by atoms with Crippen molar-refractivity contribution >= 4 is 39.3 Å². The van der Waals surface area contributed by atoms with Crippen molar-refractivity contribution in [3.05, 3.63) is 35.0 Å². The number of nitrogens with one attached hydrogen (secondary N) is 1. The third-order valence-corrected chi connectivity index (χ3v) is 5.79. The van der Waals surface area contributed by atoms with E-state index in [0.29, 0.717) is 30.8 Å². The number of halogens is 1. The fourth-order valence-electron chi connectivity index (χ4n) is 3.41. The second-order valence-corrected chi connectivity index (χ2v) is 7.32. The van der Waals surface area contributed by atoms with Crippen molar-refractivity contribution < 1.29 is 18.8 Å². The zero-order valence-electron chi connectivity index (χ0n) is 13.3. The molecule has 2 aliphatic rings. The number of carbonyl (C=O) groups is 3. The highest BCUT2D eigenvalue weighted by molar-refractivity contribution is 7.20. The highest BCUT2D eigenvalue weighted by atomic mass is 32.1. The van der Waals surface area contributed by atoms with Gasteiger partial charge in [0, 0.05) is 23.8 Å². The van der Waals surface area contributed by atoms with Gasteiger partial charge in [0.05, 0.1) is 11.4 Å². The third-order valence-electron chi connectivity index (χ3n) is 4.68. The lowest BCUT2D eigenvalue weighted by molar-refractivity contribution is -0.127. The third kappa shape index (κ3) is 2.86. The van der Waals surface area contributed by atoms with E-state index in [1.54, 1.807) is 17.0 Å². The first kappa shape index (κ1) is 16.0. The van der Waals surface area contributed by atoms with Gasteiger partial charge in [-0.05, 0) is 42.5 Å². The molecule has 8 heteroatoms. The summed E-state index contributed by atoms with van der Waals surface area (Å²) in [4.78, 5) is 39.8. The van der Waals surface area contributed by atoms with Crippen molar-refractivity contribution in [2.24, 2.45) is 0 Å². The zero-order valence-corrected chi connectivity index (χ0v) is 14.1. The highest BCUT2D eigenvalue weighted by Gasteiger charge is 2.37. The van der Waals surface area contributed by atoms with Crippen LogP contribution in [0, 0.1) is 5.82 Å². The minimum atomic E-state index is -0.346. The number of urea groups is 1. The Hall–Kier alpha value is -2.48. The van der Waals surface area contributed by atoms with E-state index in [2.05, 4.69) is 5.32 Å². The van der Waals surface area contributed by atoms with Crippen LogP contribution in [0.1, 0.15) is 22.5 Å². The van der Waals surface area contributed by atoms with Crippen LogP contribution in [0.25, 0.3) is 10.1 Å². The fraction of sp³-hybridized carbons (Fsp3) is 0.353. The zero-order chi connectivity index (χ0) is 17.6. The van der Waals surface area contributed by atoms with Crippen molar-refractivity contribution in [2.75, 3.05) is 19.6 Å². The van der Waals surface area contributed by atoms with Crippen molar-refractivity contribution in [3.8, 4) is 0 Å². The summed E-state index contributed by atoms with van der Waals surface area (Å²) in [5, 5.41) is 3.25. The van der Waals surface area contributed by atoms with Gasteiger partial charge >= 0.3 is 6.03 Å². The van der Waals surface area contributed by atoms with Gasteiger partial charge < -0.3 is 10.2 Å². The first-order valence-electron chi connectivity index (χ1n) is 8.11. The van der Waals surface area contributed by atoms with Gasteiger partial charge in [0.15, 0.2) is 0 Å². The molecule has 0 unspecified atom stereocenters. The Morgan fingerprint density at radius 1 is 1.20 bits per heavy atom. The van der Waals surface area contributed by atoms with Crippen molar-refractivity contribution in [3.63, 3.8) is 0 Å². The van der Waals surface area contributed by atoms with Crippen LogP contribution < -0.4 is 5.32 Å². The minimum Gasteiger partial charge on any atom is -0.338 e. The molecular weight excluding hydrogens is 345 g/mol. The van der Waals surface area contributed by atoms with Crippen LogP contribution in [0.2, 0.25) is 0 Å². The molecule has 0 bridgehead atoms. The maximum absolute atomic E-state index is 13.3. The van der Waals surface area contributed by atoms with Gasteiger partial charge in [0.25, 0.3) is 5.91 Å². The summed E-state index contributed by atoms with van der Waals surface area (Å²) in [6, 6.07) is 5.70. The Kier molecular flexibility index (Phi) is 3.91. The number of amides is 4. The van der Waals surface area contributed by atoms with Gasteiger partial charge in [0.1, 0.15) is 5.82 Å². The Labute approximate surface area is 147 Å². The molecule has 130 valence electrons. The lowest BCUT2D eigenvalue weighted by Crippen LogP contribution is -2.48. The monoisotopic (exact) mass is 361 g/mol. The minimum absolute atomic E-state index is 0.0519. The molecule has 4 amide bonds. The summed E-state index contributed by atoms with van der Waals surface area (Å²) >= 11 is 1.35. The molecule has 0 atom stereocenters. The summed E-state index contributed by atoms with van der Waals surface area (Å²) in [7, 11) is 0. The van der Waals surface area contributed by atoms with Crippen LogP contribution in [0.15, 0.2) is 24.3 Å². The Morgan fingerprint density at radius 2 is 1.96 bits per heavy atom. The van der Waals surface area contributed by atoms with E-state index in [1.165, 1.54) is 28.4 Å². The van der Waals surface area contributed by atoms with Gasteiger partial charge in [-0.1, -0.05) is 0 Å². The van der Waals surface area contributed by atoms with E-state index in [1.807, 2.05) is 0 Å². The maximum Gasteiger partial charge on any atom is 0.324 e. The maximum atomic E-state index is 13.3. The molecule has 2 aliphatic heterocycles. The quantitative estimate of drug-likeness (QED) is 0.834. The van der Waals surface area contributed by atoms with Gasteiger partial charge in [0.2, 0.25) is 5.91 Å². The summed E-state index contributed by atoms with van der Waals surface area (Å²) in [6.45, 7) is 1.03. The van der Waals surface area contributed by atoms with E-state index >= 15 is 0 Å². The molecule has 2 fully saturated rings. The van der Waals surface area contributed by atoms with Crippen molar-refractivity contribution in [2.45, 2.75) is 18.9 Å². The average Bonchev–Trinajstić information content (AvgIpc) is 3.17. The summed E-state index contributed by atoms with van der Waals surface area (Å²) in [6.07, 6.45) is 1.15. The molecule has 0 spiro atoms. The molecule has 2 saturated heterocycles. The number of rotatable bonds is 2. The number of benzene rings is 1. The molecule has 1 aromatic heterocycles. The van der Waals surface area contributed by atoms with Crippen molar-refractivity contribution in [1.29, 1.82) is 0 Å². The smallest absolute Gasteiger partial charge is 0.324 e. The number of carbonyl (C=O) groups excluding carboxylic acids is 3. The number of hydrogen-bond donors (Lipinski definition) is 1. The van der Waals surface area contributed by atoms with Crippen LogP contribution in [0.5, 0.6) is 0 Å². The summed E-state index contributed by atoms with van der Waals surface area (Å²) in [5.74, 6) is -0.614. The first-order valence-corrected chi connectivity index (χ1v) is 8.93. The largest absolute Gasteiger partial charge is 0.338 e. The summed E-state index contributed by atoms with van der Waals surface area (Å²) < 4.78 is 14.2. The highest BCUT2D eigenvalue weighted by Crippen LogP contribution is 2.28. The molecule has 1 N–H and O–H groups in total. The van der Waals surface area contributed by atoms with E-state index in [0.717, 1.165) is 10.1 Å².